The topological polar surface area (TPSA) is 73.1 Å². The lowest BCUT2D eigenvalue weighted by Crippen LogP contribution is -2.45. The third-order valence-corrected chi connectivity index (χ3v) is 4.19. The minimum Gasteiger partial charge on any atom is -0.347 e. The Kier molecular flexibility index (Phi) is 3.01. The number of nitrogens with zero attached hydrogens (tertiary/aromatic N) is 2. The molecule has 1 aliphatic heterocycles. The van der Waals surface area contributed by atoms with Crippen molar-refractivity contribution in [3.8, 4) is 0 Å². The van der Waals surface area contributed by atoms with Gasteiger partial charge in [0.15, 0.2) is 5.78 Å². The van der Waals surface area contributed by atoms with E-state index in [2.05, 4.69) is 21.2 Å². The summed E-state index contributed by atoms with van der Waals surface area (Å²) in [4.78, 5) is 36.0. The molecule has 1 aromatic carbocycles. The van der Waals surface area contributed by atoms with Crippen LogP contribution in [-0.4, -0.2) is 27.4 Å². The highest BCUT2D eigenvalue weighted by Crippen LogP contribution is 2.26. The first kappa shape index (κ1) is 13.1. The predicted octanol–water partition coefficient (Wildman–Crippen LogP) is 0.733. The molecule has 0 radical (unpaired) electrons. The normalized spacial score (nSPS) is 19.4. The van der Waals surface area contributed by atoms with Gasteiger partial charge in [-0.1, -0.05) is 6.07 Å². The number of halogens is 1. The van der Waals surface area contributed by atoms with E-state index in [9.17, 15) is 14.4 Å². The molecule has 1 fully saturated rings. The van der Waals surface area contributed by atoms with Crippen LogP contribution in [0.15, 0.2) is 27.5 Å². The second-order valence-corrected chi connectivity index (χ2v) is 5.65. The Bertz CT molecular complexity index is 790. The van der Waals surface area contributed by atoms with E-state index < -0.39 is 6.04 Å². The summed E-state index contributed by atoms with van der Waals surface area (Å²) in [6.45, 7) is 0.0402. The average molecular weight is 338 g/mol. The molecule has 1 unspecified atom stereocenters. The number of para-hydroxylation sites is 1. The van der Waals surface area contributed by atoms with Crippen LogP contribution in [0.25, 0.3) is 11.0 Å². The van der Waals surface area contributed by atoms with E-state index in [-0.39, 0.29) is 30.3 Å². The summed E-state index contributed by atoms with van der Waals surface area (Å²) in [7, 11) is 1.65. The van der Waals surface area contributed by atoms with Crippen LogP contribution < -0.4 is 11.0 Å². The fraction of sp³-hybridized carbons (Fsp3) is 0.308. The SMILES string of the molecule is Cn1c(=O)n(C2CC(=O)CNC2=O)c2cccc(Br)c21. The molecule has 1 N–H and O–H groups in total. The van der Waals surface area contributed by atoms with Gasteiger partial charge in [-0.25, -0.2) is 4.79 Å². The fourth-order valence-corrected chi connectivity index (χ4v) is 3.21. The van der Waals surface area contributed by atoms with Gasteiger partial charge in [-0.2, -0.15) is 0 Å². The first-order valence-corrected chi connectivity index (χ1v) is 6.95. The van der Waals surface area contributed by atoms with Crippen LogP contribution in [0.5, 0.6) is 0 Å². The van der Waals surface area contributed by atoms with E-state index >= 15 is 0 Å². The van der Waals surface area contributed by atoms with Crippen molar-refractivity contribution in [1.29, 1.82) is 0 Å². The van der Waals surface area contributed by atoms with Gasteiger partial charge in [0.25, 0.3) is 0 Å². The van der Waals surface area contributed by atoms with E-state index in [4.69, 9.17) is 0 Å². The Morgan fingerprint density at radius 3 is 2.80 bits per heavy atom. The standard InChI is InChI=1S/C13H12BrN3O3/c1-16-11-8(14)3-2-4-9(11)17(13(16)20)10-5-7(18)6-15-12(10)19/h2-4,10H,5-6H2,1H3,(H,15,19). The molecule has 3 rings (SSSR count). The van der Waals surface area contributed by atoms with Crippen LogP contribution in [0.2, 0.25) is 0 Å². The van der Waals surface area contributed by atoms with Crippen LogP contribution >= 0.6 is 15.9 Å². The molecule has 0 spiro atoms. The number of benzene rings is 1. The van der Waals surface area contributed by atoms with Gasteiger partial charge in [0.05, 0.1) is 17.6 Å². The first-order valence-electron chi connectivity index (χ1n) is 6.15. The zero-order chi connectivity index (χ0) is 14.4. The summed E-state index contributed by atoms with van der Waals surface area (Å²) in [6.07, 6.45) is 0.0529. The van der Waals surface area contributed by atoms with Crippen molar-refractivity contribution in [3.05, 3.63) is 33.2 Å². The molecule has 0 saturated carbocycles. The van der Waals surface area contributed by atoms with Gasteiger partial charge in [0, 0.05) is 17.9 Å². The van der Waals surface area contributed by atoms with Gasteiger partial charge in [0.2, 0.25) is 5.91 Å². The molecule has 1 aliphatic rings. The van der Waals surface area contributed by atoms with Gasteiger partial charge in [-0.3, -0.25) is 18.7 Å². The molecular formula is C13H12BrN3O3. The van der Waals surface area contributed by atoms with Crippen molar-refractivity contribution >= 4 is 38.7 Å². The highest BCUT2D eigenvalue weighted by atomic mass is 79.9. The summed E-state index contributed by atoms with van der Waals surface area (Å²) >= 11 is 3.41. The molecule has 0 bridgehead atoms. The second kappa shape index (κ2) is 4.59. The molecule has 1 aromatic heterocycles. The van der Waals surface area contributed by atoms with Gasteiger partial charge in [0.1, 0.15) is 6.04 Å². The number of rotatable bonds is 1. The van der Waals surface area contributed by atoms with Crippen molar-refractivity contribution in [2.75, 3.05) is 6.54 Å². The highest BCUT2D eigenvalue weighted by Gasteiger charge is 2.31. The lowest BCUT2D eigenvalue weighted by atomic mass is 10.1. The Hall–Kier alpha value is -1.89. The van der Waals surface area contributed by atoms with Crippen LogP contribution in [0.3, 0.4) is 0 Å². The Morgan fingerprint density at radius 1 is 1.30 bits per heavy atom. The molecule has 104 valence electrons. The van der Waals surface area contributed by atoms with Crippen LogP contribution in [0.4, 0.5) is 0 Å². The number of imidazole rings is 1. The Morgan fingerprint density at radius 2 is 2.05 bits per heavy atom. The number of hydrogen-bond acceptors (Lipinski definition) is 3. The van der Waals surface area contributed by atoms with Crippen molar-refractivity contribution in [3.63, 3.8) is 0 Å². The number of carbonyl (C=O) groups excluding carboxylic acids is 2. The number of piperidine rings is 1. The molecule has 0 aliphatic carbocycles. The van der Waals surface area contributed by atoms with Gasteiger partial charge in [-0.15, -0.1) is 0 Å². The van der Waals surface area contributed by atoms with Crippen molar-refractivity contribution in [2.24, 2.45) is 7.05 Å². The smallest absolute Gasteiger partial charge is 0.329 e. The molecular weight excluding hydrogens is 326 g/mol. The number of aryl methyl sites for hydroxylation is 1. The van der Waals surface area contributed by atoms with E-state index in [1.54, 1.807) is 19.2 Å². The number of hydrogen-bond donors (Lipinski definition) is 1. The Balaban J connectivity index is 2.29. The number of ketones is 1. The first-order chi connectivity index (χ1) is 9.50. The van der Waals surface area contributed by atoms with E-state index in [0.717, 1.165) is 4.47 Å². The zero-order valence-corrected chi connectivity index (χ0v) is 12.3. The predicted molar refractivity (Wildman–Crippen MR) is 76.5 cm³/mol. The average Bonchev–Trinajstić information content (AvgIpc) is 2.66. The minimum absolute atomic E-state index is 0.0402. The summed E-state index contributed by atoms with van der Waals surface area (Å²) in [6, 6.07) is 4.62. The van der Waals surface area contributed by atoms with Crippen molar-refractivity contribution in [2.45, 2.75) is 12.5 Å². The van der Waals surface area contributed by atoms with Crippen LogP contribution in [0, 0.1) is 0 Å². The summed E-state index contributed by atoms with van der Waals surface area (Å²) in [5.74, 6) is -0.368. The third kappa shape index (κ3) is 1.81. The second-order valence-electron chi connectivity index (χ2n) is 4.80. The highest BCUT2D eigenvalue weighted by molar-refractivity contribution is 9.10. The lowest BCUT2D eigenvalue weighted by Gasteiger charge is -2.22. The number of nitrogens with one attached hydrogen (secondary N) is 1. The number of aromatic nitrogens is 2. The van der Waals surface area contributed by atoms with Gasteiger partial charge >= 0.3 is 5.69 Å². The maximum atomic E-state index is 12.4. The van der Waals surface area contributed by atoms with Crippen LogP contribution in [0.1, 0.15) is 12.5 Å². The number of carbonyl (C=O) groups is 2. The molecule has 2 aromatic rings. The largest absolute Gasteiger partial charge is 0.347 e. The molecule has 1 atom stereocenters. The number of Topliss-reactive ketones (excluding diaryl/α,β-unsaturated/α-hetero) is 1. The summed E-state index contributed by atoms with van der Waals surface area (Å²) in [5.41, 5.74) is 1.05. The summed E-state index contributed by atoms with van der Waals surface area (Å²) < 4.78 is 3.65. The van der Waals surface area contributed by atoms with Gasteiger partial charge < -0.3 is 5.32 Å². The zero-order valence-electron chi connectivity index (χ0n) is 10.7. The maximum absolute atomic E-state index is 12.4. The number of fused-ring (bicyclic) bond motifs is 1. The molecule has 1 saturated heterocycles. The van der Waals surface area contributed by atoms with Crippen molar-refractivity contribution in [1.82, 2.24) is 14.5 Å². The monoisotopic (exact) mass is 337 g/mol. The third-order valence-electron chi connectivity index (χ3n) is 3.55. The molecule has 2 heterocycles. The lowest BCUT2D eigenvalue weighted by molar-refractivity contribution is -0.133. The Labute approximate surface area is 122 Å². The van der Waals surface area contributed by atoms with E-state index in [1.165, 1.54) is 9.13 Å². The summed E-state index contributed by atoms with van der Waals surface area (Å²) in [5, 5.41) is 2.53. The van der Waals surface area contributed by atoms with Crippen LogP contribution in [-0.2, 0) is 16.6 Å². The quantitative estimate of drug-likeness (QED) is 0.833. The number of amides is 1. The molecule has 1 amide bonds. The van der Waals surface area contributed by atoms with E-state index in [1.807, 2.05) is 6.07 Å². The molecule has 6 nitrogen and oxygen atoms in total. The molecule has 20 heavy (non-hydrogen) atoms. The van der Waals surface area contributed by atoms with Gasteiger partial charge in [-0.05, 0) is 28.1 Å². The minimum atomic E-state index is -0.776. The molecule has 7 heteroatoms. The van der Waals surface area contributed by atoms with Crippen molar-refractivity contribution < 1.29 is 9.59 Å². The van der Waals surface area contributed by atoms with E-state index in [0.29, 0.717) is 11.0 Å². The maximum Gasteiger partial charge on any atom is 0.329 e. The fourth-order valence-electron chi connectivity index (χ4n) is 2.58.